The molecular weight excluding hydrogens is 302 g/mol. The minimum absolute atomic E-state index is 0.111. The third-order valence-electron chi connectivity index (χ3n) is 2.81. The van der Waals surface area contributed by atoms with Gasteiger partial charge in [0.15, 0.2) is 11.5 Å². The van der Waals surface area contributed by atoms with Crippen molar-refractivity contribution in [2.45, 2.75) is 60.1 Å². The number of hydrogen-bond donors (Lipinski definition) is 1. The van der Waals surface area contributed by atoms with Gasteiger partial charge in [0.25, 0.3) is 0 Å². The highest BCUT2D eigenvalue weighted by Gasteiger charge is 2.16. The number of halogens is 1. The summed E-state index contributed by atoms with van der Waals surface area (Å²) in [6, 6.07) is 0. The van der Waals surface area contributed by atoms with Crippen LogP contribution in [0.15, 0.2) is 6.33 Å². The fraction of sp³-hybridized carbons (Fsp3) is 0.667. The molecule has 22 heavy (non-hydrogen) atoms. The van der Waals surface area contributed by atoms with Crippen LogP contribution in [-0.2, 0) is 4.74 Å². The molecule has 0 amide bonds. The van der Waals surface area contributed by atoms with Crippen molar-refractivity contribution in [3.63, 3.8) is 0 Å². The molecule has 0 bridgehead atoms. The molecule has 2 aromatic heterocycles. The van der Waals surface area contributed by atoms with Gasteiger partial charge in [-0.15, -0.1) is 0 Å². The fourth-order valence-corrected chi connectivity index (χ4v) is 2.04. The number of nitrogens with zero attached hydrogens (tertiary/aromatic N) is 4. The average molecular weight is 330 g/mol. The Kier molecular flexibility index (Phi) is 10.5. The number of unbranched alkanes of at least 4 members (excludes halogenated alkanes) is 1. The average Bonchev–Trinajstić information content (AvgIpc) is 2.96. The van der Waals surface area contributed by atoms with E-state index in [2.05, 4.69) is 21.9 Å². The predicted octanol–water partition coefficient (Wildman–Crippen LogP) is 4.45. The summed E-state index contributed by atoms with van der Waals surface area (Å²) in [6.07, 6.45) is 4.60. The lowest BCUT2D eigenvalue weighted by Crippen LogP contribution is -2.11. The Balaban J connectivity index is 0.00000102. The first-order valence-electron chi connectivity index (χ1n) is 7.85. The molecule has 126 valence electrons. The van der Waals surface area contributed by atoms with E-state index in [1.54, 1.807) is 13.4 Å². The summed E-state index contributed by atoms with van der Waals surface area (Å²) in [7, 11) is 1.66. The number of nitrogens with two attached hydrogens (primary N) is 1. The standard InChI is InChI=1S/C11H16ClN5O.2C2H6/c1-3-4-5-7(18-2)17-6-14-8-9(13)15-11(12)16-10(8)17;2*1-2/h6-7H,3-5H2,1-2H3,(H2,13,15,16);2*1-2H3. The monoisotopic (exact) mass is 329 g/mol. The molecular formula is C15H28ClN5O. The van der Waals surface area contributed by atoms with E-state index in [1.807, 2.05) is 32.3 Å². The molecule has 2 aromatic rings. The first-order chi connectivity index (χ1) is 10.7. The first-order valence-corrected chi connectivity index (χ1v) is 8.23. The maximum Gasteiger partial charge on any atom is 0.226 e. The largest absolute Gasteiger partial charge is 0.382 e. The zero-order valence-electron chi connectivity index (χ0n) is 14.4. The van der Waals surface area contributed by atoms with E-state index >= 15 is 0 Å². The number of fused-ring (bicyclic) bond motifs is 1. The summed E-state index contributed by atoms with van der Waals surface area (Å²) in [4.78, 5) is 12.3. The van der Waals surface area contributed by atoms with E-state index in [0.717, 1.165) is 19.3 Å². The van der Waals surface area contributed by atoms with Gasteiger partial charge >= 0.3 is 0 Å². The van der Waals surface area contributed by atoms with Crippen LogP contribution in [0.3, 0.4) is 0 Å². The summed E-state index contributed by atoms with van der Waals surface area (Å²) in [5.74, 6) is 0.286. The van der Waals surface area contributed by atoms with Crippen molar-refractivity contribution in [2.24, 2.45) is 0 Å². The van der Waals surface area contributed by atoms with E-state index in [-0.39, 0.29) is 17.3 Å². The van der Waals surface area contributed by atoms with Crippen LogP contribution >= 0.6 is 11.6 Å². The van der Waals surface area contributed by atoms with Crippen LogP contribution in [-0.4, -0.2) is 26.6 Å². The van der Waals surface area contributed by atoms with Crippen LogP contribution in [0.2, 0.25) is 5.28 Å². The molecule has 0 aliphatic heterocycles. The van der Waals surface area contributed by atoms with E-state index in [0.29, 0.717) is 11.2 Å². The lowest BCUT2D eigenvalue weighted by molar-refractivity contribution is 0.0379. The molecule has 6 nitrogen and oxygen atoms in total. The number of hydrogen-bond acceptors (Lipinski definition) is 5. The lowest BCUT2D eigenvalue weighted by Gasteiger charge is -2.16. The van der Waals surface area contributed by atoms with Crippen LogP contribution in [0, 0.1) is 0 Å². The van der Waals surface area contributed by atoms with Gasteiger partial charge in [0.1, 0.15) is 11.7 Å². The highest BCUT2D eigenvalue weighted by atomic mass is 35.5. The van der Waals surface area contributed by atoms with Crippen molar-refractivity contribution in [2.75, 3.05) is 12.8 Å². The number of methoxy groups -OCH3 is 1. The van der Waals surface area contributed by atoms with Crippen molar-refractivity contribution in [1.82, 2.24) is 19.5 Å². The molecule has 2 N–H and O–H groups in total. The van der Waals surface area contributed by atoms with Gasteiger partial charge in [0.2, 0.25) is 5.28 Å². The second-order valence-corrected chi connectivity index (χ2v) is 4.37. The van der Waals surface area contributed by atoms with Crippen LogP contribution in [0.1, 0.15) is 60.1 Å². The number of ether oxygens (including phenoxy) is 1. The van der Waals surface area contributed by atoms with Gasteiger partial charge in [-0.3, -0.25) is 4.57 Å². The number of aromatic nitrogens is 4. The minimum atomic E-state index is -0.111. The molecule has 2 heterocycles. The Bertz CT molecular complexity index is 544. The summed E-state index contributed by atoms with van der Waals surface area (Å²) < 4.78 is 7.31. The van der Waals surface area contributed by atoms with E-state index in [1.165, 1.54) is 0 Å². The fourth-order valence-electron chi connectivity index (χ4n) is 1.87. The molecule has 1 unspecified atom stereocenters. The SMILES string of the molecule is CC.CC.CCCCC(OC)n1cnc2c(N)nc(Cl)nc21. The second kappa shape index (κ2) is 11.2. The summed E-state index contributed by atoms with van der Waals surface area (Å²) in [5, 5.41) is 0.118. The highest BCUT2D eigenvalue weighted by molar-refractivity contribution is 6.28. The lowest BCUT2D eigenvalue weighted by atomic mass is 10.2. The quantitative estimate of drug-likeness (QED) is 0.820. The van der Waals surface area contributed by atoms with Gasteiger partial charge < -0.3 is 10.5 Å². The number of anilines is 1. The van der Waals surface area contributed by atoms with E-state index in [4.69, 9.17) is 22.1 Å². The van der Waals surface area contributed by atoms with Crippen LogP contribution < -0.4 is 5.73 Å². The Morgan fingerprint density at radius 2 is 1.91 bits per heavy atom. The molecule has 7 heteroatoms. The molecule has 0 aliphatic rings. The van der Waals surface area contributed by atoms with Crippen LogP contribution in [0.25, 0.3) is 11.2 Å². The molecule has 0 fully saturated rings. The molecule has 0 saturated carbocycles. The molecule has 0 aromatic carbocycles. The van der Waals surface area contributed by atoms with Gasteiger partial charge in [-0.1, -0.05) is 41.0 Å². The number of rotatable bonds is 5. The minimum Gasteiger partial charge on any atom is -0.382 e. The Morgan fingerprint density at radius 1 is 1.27 bits per heavy atom. The molecule has 0 radical (unpaired) electrons. The van der Waals surface area contributed by atoms with Crippen molar-refractivity contribution in [3.05, 3.63) is 11.6 Å². The number of imidazole rings is 1. The second-order valence-electron chi connectivity index (χ2n) is 4.03. The summed E-state index contributed by atoms with van der Waals surface area (Å²) in [5.41, 5.74) is 6.92. The molecule has 0 aliphatic carbocycles. The normalized spacial score (nSPS) is 11.2. The van der Waals surface area contributed by atoms with Crippen molar-refractivity contribution >= 4 is 28.6 Å². The van der Waals surface area contributed by atoms with Crippen LogP contribution in [0.5, 0.6) is 0 Å². The van der Waals surface area contributed by atoms with Crippen molar-refractivity contribution < 1.29 is 4.74 Å². The topological polar surface area (TPSA) is 78.9 Å². The summed E-state index contributed by atoms with van der Waals surface area (Å²) >= 11 is 5.82. The van der Waals surface area contributed by atoms with Gasteiger partial charge in [0, 0.05) is 7.11 Å². The van der Waals surface area contributed by atoms with Gasteiger partial charge in [-0.2, -0.15) is 9.97 Å². The zero-order valence-corrected chi connectivity index (χ0v) is 15.2. The highest BCUT2D eigenvalue weighted by Crippen LogP contribution is 2.24. The zero-order chi connectivity index (χ0) is 17.1. The molecule has 1 atom stereocenters. The summed E-state index contributed by atoms with van der Waals surface area (Å²) in [6.45, 7) is 10.1. The number of nitrogen functional groups attached to an aromatic ring is 1. The van der Waals surface area contributed by atoms with E-state index in [9.17, 15) is 0 Å². The maximum absolute atomic E-state index is 5.82. The maximum atomic E-state index is 5.82. The van der Waals surface area contributed by atoms with E-state index < -0.39 is 0 Å². The molecule has 0 saturated heterocycles. The van der Waals surface area contributed by atoms with Crippen molar-refractivity contribution in [3.8, 4) is 0 Å². The predicted molar refractivity (Wildman–Crippen MR) is 93.0 cm³/mol. The van der Waals surface area contributed by atoms with Crippen molar-refractivity contribution in [1.29, 1.82) is 0 Å². The smallest absolute Gasteiger partial charge is 0.226 e. The Hall–Kier alpha value is -1.40. The molecule has 0 spiro atoms. The third kappa shape index (κ3) is 5.10. The first kappa shape index (κ1) is 20.6. The van der Waals surface area contributed by atoms with Gasteiger partial charge in [-0.25, -0.2) is 4.98 Å². The van der Waals surface area contributed by atoms with Gasteiger partial charge in [-0.05, 0) is 24.4 Å². The molecule has 2 rings (SSSR count). The third-order valence-corrected chi connectivity index (χ3v) is 2.98. The van der Waals surface area contributed by atoms with Crippen LogP contribution in [0.4, 0.5) is 5.82 Å². The Labute approximate surface area is 138 Å². The van der Waals surface area contributed by atoms with Gasteiger partial charge in [0.05, 0.1) is 6.33 Å². The Morgan fingerprint density at radius 3 is 2.45 bits per heavy atom.